The summed E-state index contributed by atoms with van der Waals surface area (Å²) in [6.07, 6.45) is 1.32. The van der Waals surface area contributed by atoms with Gasteiger partial charge in [0.25, 0.3) is 0 Å². The number of alkyl halides is 2. The first kappa shape index (κ1) is 17.6. The summed E-state index contributed by atoms with van der Waals surface area (Å²) in [5, 5.41) is 3.12. The molecular formula is C13H20F2N2O3S. The molecule has 21 heavy (non-hydrogen) atoms. The van der Waals surface area contributed by atoms with Crippen molar-refractivity contribution in [2.45, 2.75) is 26.4 Å². The van der Waals surface area contributed by atoms with Crippen molar-refractivity contribution in [1.29, 1.82) is 0 Å². The van der Waals surface area contributed by atoms with Gasteiger partial charge < -0.3 is 10.1 Å². The first-order valence-corrected chi connectivity index (χ1v) is 8.34. The second-order valence-corrected chi connectivity index (χ2v) is 6.23. The van der Waals surface area contributed by atoms with Gasteiger partial charge in [-0.1, -0.05) is 6.92 Å². The van der Waals surface area contributed by atoms with Crippen LogP contribution in [0.5, 0.6) is 5.75 Å². The normalized spacial score (nSPS) is 11.6. The summed E-state index contributed by atoms with van der Waals surface area (Å²) in [6, 6.07) is 5.34. The van der Waals surface area contributed by atoms with Gasteiger partial charge >= 0.3 is 6.61 Å². The van der Waals surface area contributed by atoms with Crippen LogP contribution in [0.1, 0.15) is 19.8 Å². The van der Waals surface area contributed by atoms with Gasteiger partial charge in [0.05, 0.1) is 5.75 Å². The average molecular weight is 322 g/mol. The Kier molecular flexibility index (Phi) is 7.38. The van der Waals surface area contributed by atoms with Crippen molar-refractivity contribution in [3.8, 4) is 5.75 Å². The maximum atomic E-state index is 12.0. The highest BCUT2D eigenvalue weighted by atomic mass is 32.2. The van der Waals surface area contributed by atoms with Crippen LogP contribution in [0.4, 0.5) is 14.5 Å². The maximum Gasteiger partial charge on any atom is 0.387 e. The monoisotopic (exact) mass is 322 g/mol. The fourth-order valence-corrected chi connectivity index (χ4v) is 2.84. The molecule has 120 valence electrons. The summed E-state index contributed by atoms with van der Waals surface area (Å²) in [4.78, 5) is 0. The highest BCUT2D eigenvalue weighted by molar-refractivity contribution is 7.92. The summed E-state index contributed by atoms with van der Waals surface area (Å²) >= 11 is 0. The van der Waals surface area contributed by atoms with Gasteiger partial charge in [-0.3, -0.25) is 4.72 Å². The van der Waals surface area contributed by atoms with E-state index >= 15 is 0 Å². The van der Waals surface area contributed by atoms with E-state index in [0.29, 0.717) is 12.1 Å². The number of benzene rings is 1. The summed E-state index contributed by atoms with van der Waals surface area (Å²) in [6.45, 7) is 0.730. The Hall–Kier alpha value is -1.41. The first-order valence-electron chi connectivity index (χ1n) is 6.69. The lowest BCUT2D eigenvalue weighted by Crippen LogP contribution is -2.19. The molecule has 0 spiro atoms. The van der Waals surface area contributed by atoms with E-state index in [1.54, 1.807) is 0 Å². The molecule has 0 atom stereocenters. The topological polar surface area (TPSA) is 67.4 Å². The predicted molar refractivity (Wildman–Crippen MR) is 78.3 cm³/mol. The van der Waals surface area contributed by atoms with E-state index in [-0.39, 0.29) is 11.5 Å². The number of halogens is 2. The Morgan fingerprint density at radius 3 is 2.43 bits per heavy atom. The van der Waals surface area contributed by atoms with Crippen molar-refractivity contribution < 1.29 is 21.9 Å². The van der Waals surface area contributed by atoms with E-state index in [4.69, 9.17) is 0 Å². The van der Waals surface area contributed by atoms with Crippen LogP contribution in [-0.2, 0) is 10.0 Å². The van der Waals surface area contributed by atoms with Crippen LogP contribution in [0.25, 0.3) is 0 Å². The lowest BCUT2D eigenvalue weighted by Gasteiger charge is -2.09. The van der Waals surface area contributed by atoms with E-state index in [2.05, 4.69) is 14.8 Å². The molecule has 1 aromatic carbocycles. The second kappa shape index (κ2) is 8.78. The summed E-state index contributed by atoms with van der Waals surface area (Å²) < 4.78 is 54.2. The Morgan fingerprint density at radius 1 is 1.19 bits per heavy atom. The van der Waals surface area contributed by atoms with Crippen LogP contribution in [0, 0.1) is 0 Å². The lowest BCUT2D eigenvalue weighted by molar-refractivity contribution is -0.0498. The minimum Gasteiger partial charge on any atom is -0.435 e. The van der Waals surface area contributed by atoms with Gasteiger partial charge in [-0.2, -0.15) is 8.78 Å². The van der Waals surface area contributed by atoms with Crippen molar-refractivity contribution in [3.63, 3.8) is 0 Å². The van der Waals surface area contributed by atoms with Gasteiger partial charge in [-0.25, -0.2) is 8.42 Å². The molecule has 0 unspecified atom stereocenters. The number of hydrogen-bond acceptors (Lipinski definition) is 4. The Labute approximate surface area is 123 Å². The number of nitrogens with one attached hydrogen (secondary N) is 2. The SMILES string of the molecule is CCNCCCCS(=O)(=O)Nc1ccc(OC(F)F)cc1. The molecule has 0 bridgehead atoms. The minimum absolute atomic E-state index is 0.0152. The average Bonchev–Trinajstić information content (AvgIpc) is 2.40. The molecule has 0 aromatic heterocycles. The van der Waals surface area contributed by atoms with Gasteiger partial charge in [-0.15, -0.1) is 0 Å². The fourth-order valence-electron chi connectivity index (χ4n) is 1.65. The second-order valence-electron chi connectivity index (χ2n) is 4.38. The van der Waals surface area contributed by atoms with Crippen LogP contribution >= 0.6 is 0 Å². The largest absolute Gasteiger partial charge is 0.435 e. The summed E-state index contributed by atoms with van der Waals surface area (Å²) in [5.74, 6) is 0.00631. The maximum absolute atomic E-state index is 12.0. The van der Waals surface area contributed by atoms with Gasteiger partial charge in [0.1, 0.15) is 5.75 Å². The van der Waals surface area contributed by atoms with E-state index in [1.807, 2.05) is 6.92 Å². The Morgan fingerprint density at radius 2 is 1.86 bits per heavy atom. The number of hydrogen-bond donors (Lipinski definition) is 2. The van der Waals surface area contributed by atoms with E-state index in [9.17, 15) is 17.2 Å². The van der Waals surface area contributed by atoms with Crippen LogP contribution in [0.15, 0.2) is 24.3 Å². The van der Waals surface area contributed by atoms with Crippen molar-refractivity contribution in [1.82, 2.24) is 5.32 Å². The van der Waals surface area contributed by atoms with Crippen LogP contribution in [0.3, 0.4) is 0 Å². The van der Waals surface area contributed by atoms with Crippen molar-refractivity contribution in [2.24, 2.45) is 0 Å². The highest BCUT2D eigenvalue weighted by Crippen LogP contribution is 2.18. The van der Waals surface area contributed by atoms with Crippen molar-refractivity contribution >= 4 is 15.7 Å². The first-order chi connectivity index (χ1) is 9.93. The zero-order valence-electron chi connectivity index (χ0n) is 11.8. The van der Waals surface area contributed by atoms with Crippen LogP contribution in [-0.4, -0.2) is 33.9 Å². The standard InChI is InChI=1S/C13H20F2N2O3S/c1-2-16-9-3-4-10-21(18,19)17-11-5-7-12(8-6-11)20-13(14)15/h5-8,13,16-17H,2-4,9-10H2,1H3. The quantitative estimate of drug-likeness (QED) is 0.649. The third-order valence-corrected chi connectivity index (χ3v) is 3.99. The molecule has 8 heteroatoms. The van der Waals surface area contributed by atoms with Crippen molar-refractivity contribution in [3.05, 3.63) is 24.3 Å². The molecule has 2 N–H and O–H groups in total. The van der Waals surface area contributed by atoms with Gasteiger partial charge in [0.15, 0.2) is 0 Å². The van der Waals surface area contributed by atoms with Crippen molar-refractivity contribution in [2.75, 3.05) is 23.6 Å². The molecule has 1 aromatic rings. The molecule has 0 radical (unpaired) electrons. The predicted octanol–water partition coefficient (Wildman–Crippen LogP) is 2.42. The number of unbranched alkanes of at least 4 members (excludes halogenated alkanes) is 1. The summed E-state index contributed by atoms with van der Waals surface area (Å²) in [5.41, 5.74) is 0.322. The number of anilines is 1. The highest BCUT2D eigenvalue weighted by Gasteiger charge is 2.10. The van der Waals surface area contributed by atoms with E-state index in [0.717, 1.165) is 19.5 Å². The molecule has 0 heterocycles. The molecule has 1 rings (SSSR count). The molecule has 5 nitrogen and oxygen atoms in total. The molecule has 0 aliphatic carbocycles. The molecule has 0 aliphatic rings. The van der Waals surface area contributed by atoms with Gasteiger partial charge in [-0.05, 0) is 50.2 Å². The van der Waals surface area contributed by atoms with Crippen LogP contribution < -0.4 is 14.8 Å². The molecule has 0 amide bonds. The number of sulfonamides is 1. The molecule has 0 fully saturated rings. The van der Waals surface area contributed by atoms with E-state index in [1.165, 1.54) is 24.3 Å². The third-order valence-electron chi connectivity index (χ3n) is 2.62. The third kappa shape index (κ3) is 7.81. The smallest absolute Gasteiger partial charge is 0.387 e. The van der Waals surface area contributed by atoms with E-state index < -0.39 is 16.6 Å². The zero-order valence-corrected chi connectivity index (χ0v) is 12.6. The summed E-state index contributed by atoms with van der Waals surface area (Å²) in [7, 11) is -3.42. The molecular weight excluding hydrogens is 302 g/mol. The molecule has 0 saturated carbocycles. The minimum atomic E-state index is -3.42. The molecule has 0 aliphatic heterocycles. The molecule has 0 saturated heterocycles. The Balaban J connectivity index is 2.43. The number of ether oxygens (including phenoxy) is 1. The zero-order chi connectivity index (χ0) is 15.7. The van der Waals surface area contributed by atoms with Crippen LogP contribution in [0.2, 0.25) is 0 Å². The number of rotatable bonds is 10. The lowest BCUT2D eigenvalue weighted by atomic mass is 10.3. The van der Waals surface area contributed by atoms with Gasteiger partial charge in [0, 0.05) is 5.69 Å². The Bertz CT molecular complexity index is 507. The van der Waals surface area contributed by atoms with Gasteiger partial charge in [0.2, 0.25) is 10.0 Å². The fraction of sp³-hybridized carbons (Fsp3) is 0.538.